The highest BCUT2D eigenvalue weighted by atomic mass is 16.5. The zero-order valence-corrected chi connectivity index (χ0v) is 18.4. The Kier molecular flexibility index (Phi) is 6.90. The van der Waals surface area contributed by atoms with Crippen LogP contribution in [0.1, 0.15) is 35.7 Å². The summed E-state index contributed by atoms with van der Waals surface area (Å²) in [5.41, 5.74) is 2.80. The molecule has 0 radical (unpaired) electrons. The summed E-state index contributed by atoms with van der Waals surface area (Å²) in [5, 5.41) is 3.04. The summed E-state index contributed by atoms with van der Waals surface area (Å²) in [4.78, 5) is 27.1. The molecule has 6 heteroatoms. The number of hydrogen-bond acceptors (Lipinski definition) is 3. The summed E-state index contributed by atoms with van der Waals surface area (Å²) >= 11 is 0. The number of aromatic nitrogens is 1. The van der Waals surface area contributed by atoms with Crippen molar-refractivity contribution in [2.45, 2.75) is 32.2 Å². The van der Waals surface area contributed by atoms with Gasteiger partial charge in [-0.25, -0.2) is 0 Å². The second-order valence-corrected chi connectivity index (χ2v) is 8.02. The summed E-state index contributed by atoms with van der Waals surface area (Å²) in [6, 6.07) is 19.4. The molecule has 1 saturated heterocycles. The van der Waals surface area contributed by atoms with Gasteiger partial charge in [-0.3, -0.25) is 9.59 Å². The lowest BCUT2D eigenvalue weighted by molar-refractivity contribution is -0.124. The molecule has 0 bridgehead atoms. The van der Waals surface area contributed by atoms with E-state index in [0.29, 0.717) is 18.7 Å². The topological polar surface area (TPSA) is 63.6 Å². The van der Waals surface area contributed by atoms with Gasteiger partial charge in [-0.2, -0.15) is 0 Å². The van der Waals surface area contributed by atoms with Crippen molar-refractivity contribution >= 4 is 11.8 Å². The Morgan fingerprint density at radius 1 is 0.969 bits per heavy atom. The van der Waals surface area contributed by atoms with Gasteiger partial charge >= 0.3 is 0 Å². The average Bonchev–Trinajstić information content (AvgIpc) is 3.38. The predicted molar refractivity (Wildman–Crippen MR) is 124 cm³/mol. The molecule has 0 spiro atoms. The third kappa shape index (κ3) is 5.19. The van der Waals surface area contributed by atoms with E-state index in [1.54, 1.807) is 0 Å². The van der Waals surface area contributed by atoms with E-state index in [2.05, 4.69) is 12.2 Å². The zero-order valence-electron chi connectivity index (χ0n) is 18.4. The third-order valence-electron chi connectivity index (χ3n) is 5.88. The van der Waals surface area contributed by atoms with Gasteiger partial charge in [0.05, 0.1) is 0 Å². The third-order valence-corrected chi connectivity index (χ3v) is 5.88. The van der Waals surface area contributed by atoms with Gasteiger partial charge in [0.2, 0.25) is 0 Å². The normalized spacial score (nSPS) is 14.2. The summed E-state index contributed by atoms with van der Waals surface area (Å²) in [6.07, 6.45) is 6.29. The number of rotatable bonds is 7. The van der Waals surface area contributed by atoms with E-state index in [9.17, 15) is 9.59 Å². The van der Waals surface area contributed by atoms with E-state index >= 15 is 0 Å². The molecule has 2 amide bonds. The fourth-order valence-corrected chi connectivity index (χ4v) is 4.04. The van der Waals surface area contributed by atoms with Gasteiger partial charge in [0.1, 0.15) is 5.75 Å². The molecule has 3 aromatic rings. The Labute approximate surface area is 188 Å². The number of aryl methyl sites for hydroxylation is 1. The first kappa shape index (κ1) is 21.7. The summed E-state index contributed by atoms with van der Waals surface area (Å²) in [7, 11) is 0. The molecule has 1 aromatic heterocycles. The van der Waals surface area contributed by atoms with Crippen molar-refractivity contribution < 1.29 is 14.3 Å². The lowest BCUT2D eigenvalue weighted by Gasteiger charge is -2.32. The van der Waals surface area contributed by atoms with Gasteiger partial charge in [-0.15, -0.1) is 0 Å². The lowest BCUT2D eigenvalue weighted by Crippen LogP contribution is -2.47. The van der Waals surface area contributed by atoms with E-state index < -0.39 is 0 Å². The van der Waals surface area contributed by atoms with Gasteiger partial charge in [-0.1, -0.05) is 25.1 Å². The molecular formula is C26H29N3O3. The van der Waals surface area contributed by atoms with Crippen LogP contribution < -0.4 is 10.1 Å². The first-order valence-corrected chi connectivity index (χ1v) is 11.2. The molecule has 1 aliphatic heterocycles. The highest BCUT2D eigenvalue weighted by molar-refractivity contribution is 5.94. The molecule has 2 aromatic carbocycles. The van der Waals surface area contributed by atoms with Crippen molar-refractivity contribution in [3.8, 4) is 11.4 Å². The van der Waals surface area contributed by atoms with Crippen molar-refractivity contribution in [3.05, 3.63) is 84.2 Å². The van der Waals surface area contributed by atoms with Gasteiger partial charge in [0.25, 0.3) is 11.8 Å². The van der Waals surface area contributed by atoms with E-state index in [0.717, 1.165) is 36.3 Å². The van der Waals surface area contributed by atoms with Gasteiger partial charge in [0.15, 0.2) is 6.61 Å². The van der Waals surface area contributed by atoms with Crippen molar-refractivity contribution in [3.63, 3.8) is 0 Å². The molecule has 0 saturated carbocycles. The molecule has 1 N–H and O–H groups in total. The van der Waals surface area contributed by atoms with Crippen LogP contribution in [0, 0.1) is 0 Å². The number of piperidine rings is 1. The highest BCUT2D eigenvalue weighted by Crippen LogP contribution is 2.19. The van der Waals surface area contributed by atoms with Crippen LogP contribution in [0.2, 0.25) is 0 Å². The first-order chi connectivity index (χ1) is 15.6. The van der Waals surface area contributed by atoms with Crippen LogP contribution in [-0.2, 0) is 11.2 Å². The van der Waals surface area contributed by atoms with Crippen LogP contribution in [0.4, 0.5) is 0 Å². The molecule has 1 aliphatic rings. The molecular weight excluding hydrogens is 402 g/mol. The Morgan fingerprint density at radius 3 is 2.34 bits per heavy atom. The van der Waals surface area contributed by atoms with Crippen LogP contribution in [0.15, 0.2) is 73.1 Å². The molecule has 32 heavy (non-hydrogen) atoms. The maximum Gasteiger partial charge on any atom is 0.258 e. The molecule has 4 rings (SSSR count). The Balaban J connectivity index is 1.24. The molecule has 6 nitrogen and oxygen atoms in total. The highest BCUT2D eigenvalue weighted by Gasteiger charge is 2.24. The molecule has 2 heterocycles. The van der Waals surface area contributed by atoms with Crippen LogP contribution in [0.5, 0.6) is 5.75 Å². The number of amides is 2. The maximum absolute atomic E-state index is 12.9. The monoisotopic (exact) mass is 431 g/mol. The number of nitrogens with zero attached hydrogens (tertiary/aromatic N) is 2. The summed E-state index contributed by atoms with van der Waals surface area (Å²) < 4.78 is 7.71. The van der Waals surface area contributed by atoms with E-state index in [1.165, 1.54) is 0 Å². The van der Waals surface area contributed by atoms with Crippen molar-refractivity contribution in [2.75, 3.05) is 19.7 Å². The Hall–Kier alpha value is -3.54. The minimum absolute atomic E-state index is 0.00387. The number of nitrogens with one attached hydrogen (secondary N) is 1. The Morgan fingerprint density at radius 2 is 1.66 bits per heavy atom. The Bertz CT molecular complexity index is 1040. The quantitative estimate of drug-likeness (QED) is 0.618. The summed E-state index contributed by atoms with van der Waals surface area (Å²) in [5.74, 6) is 0.669. The van der Waals surface area contributed by atoms with Gasteiger partial charge < -0.3 is 19.5 Å². The minimum Gasteiger partial charge on any atom is -0.483 e. The van der Waals surface area contributed by atoms with Crippen LogP contribution in [-0.4, -0.2) is 47.0 Å². The lowest BCUT2D eigenvalue weighted by atomic mass is 10.0. The standard InChI is InChI=1S/C26H29N3O3/c1-2-20-7-3-4-8-24(20)32-19-25(30)27-22-13-17-29(18-14-22)26(31)21-9-11-23(12-10-21)28-15-5-6-16-28/h3-12,15-16,22H,2,13-14,17-19H2,1H3,(H,27,30). The van der Waals surface area contributed by atoms with E-state index in [-0.39, 0.29) is 24.5 Å². The number of likely N-dealkylation sites (tertiary alicyclic amines) is 1. The van der Waals surface area contributed by atoms with Gasteiger partial charge in [0, 0.05) is 42.8 Å². The number of benzene rings is 2. The fraction of sp³-hybridized carbons (Fsp3) is 0.308. The average molecular weight is 432 g/mol. The van der Waals surface area contributed by atoms with E-state index in [4.69, 9.17) is 4.74 Å². The van der Waals surface area contributed by atoms with Crippen molar-refractivity contribution in [1.82, 2.24) is 14.8 Å². The van der Waals surface area contributed by atoms with E-state index in [1.807, 2.05) is 82.5 Å². The predicted octanol–water partition coefficient (Wildman–Crippen LogP) is 3.84. The van der Waals surface area contributed by atoms with Crippen LogP contribution in [0.25, 0.3) is 5.69 Å². The number of hydrogen-bond donors (Lipinski definition) is 1. The molecule has 1 fully saturated rings. The molecule has 0 atom stereocenters. The van der Waals surface area contributed by atoms with Crippen molar-refractivity contribution in [2.24, 2.45) is 0 Å². The second kappa shape index (κ2) is 10.2. The largest absolute Gasteiger partial charge is 0.483 e. The molecule has 0 unspecified atom stereocenters. The zero-order chi connectivity index (χ0) is 22.3. The maximum atomic E-state index is 12.9. The first-order valence-electron chi connectivity index (χ1n) is 11.2. The van der Waals surface area contributed by atoms with Gasteiger partial charge in [-0.05, 0) is 67.3 Å². The second-order valence-electron chi connectivity index (χ2n) is 8.02. The smallest absolute Gasteiger partial charge is 0.258 e. The minimum atomic E-state index is -0.124. The summed E-state index contributed by atoms with van der Waals surface area (Å²) in [6.45, 7) is 3.32. The van der Waals surface area contributed by atoms with Crippen LogP contribution in [0.3, 0.4) is 0 Å². The molecule has 166 valence electrons. The fourth-order valence-electron chi connectivity index (χ4n) is 4.04. The SMILES string of the molecule is CCc1ccccc1OCC(=O)NC1CCN(C(=O)c2ccc(-n3cccc3)cc2)CC1. The van der Waals surface area contributed by atoms with Crippen LogP contribution >= 0.6 is 0 Å². The number of carbonyl (C=O) groups excluding carboxylic acids is 2. The van der Waals surface area contributed by atoms with Crippen molar-refractivity contribution in [1.29, 1.82) is 0 Å². The molecule has 0 aliphatic carbocycles. The number of ether oxygens (including phenoxy) is 1. The number of carbonyl (C=O) groups is 2. The number of para-hydroxylation sites is 1.